The lowest BCUT2D eigenvalue weighted by Crippen LogP contribution is -2.46. The molecule has 3 nitrogen and oxygen atoms in total. The fourth-order valence-electron chi connectivity index (χ4n) is 3.06. The predicted molar refractivity (Wildman–Crippen MR) is 98.5 cm³/mol. The average Bonchev–Trinajstić information content (AvgIpc) is 2.92. The normalized spacial score (nSPS) is 21.7. The van der Waals surface area contributed by atoms with E-state index in [1.807, 2.05) is 6.07 Å². The summed E-state index contributed by atoms with van der Waals surface area (Å²) in [6, 6.07) is 8.83. The number of para-hydroxylation sites is 1. The van der Waals surface area contributed by atoms with Crippen molar-refractivity contribution in [3.8, 4) is 0 Å². The standard InChI is InChI=1S/C17H23N3S2/c1-12-6-2-3-7-13(12)20-17(21)18-11-10-16-19-14-8-4-5-9-15(14)22-16/h4-5,8-9,12-13H,2-3,6-7,10-11H2,1H3,(H2,18,20,21)/t12-,13+/m0/s1. The van der Waals surface area contributed by atoms with Gasteiger partial charge in [-0.25, -0.2) is 4.98 Å². The zero-order chi connectivity index (χ0) is 15.4. The Balaban J connectivity index is 1.45. The summed E-state index contributed by atoms with van der Waals surface area (Å²) < 4.78 is 1.26. The van der Waals surface area contributed by atoms with Crippen LogP contribution in [0.2, 0.25) is 0 Å². The summed E-state index contributed by atoms with van der Waals surface area (Å²) in [7, 11) is 0. The molecule has 0 spiro atoms. The number of aromatic nitrogens is 1. The summed E-state index contributed by atoms with van der Waals surface area (Å²) in [4.78, 5) is 4.65. The highest BCUT2D eigenvalue weighted by molar-refractivity contribution is 7.80. The van der Waals surface area contributed by atoms with Gasteiger partial charge in [0, 0.05) is 19.0 Å². The van der Waals surface area contributed by atoms with Gasteiger partial charge < -0.3 is 10.6 Å². The van der Waals surface area contributed by atoms with Crippen molar-refractivity contribution in [1.29, 1.82) is 0 Å². The van der Waals surface area contributed by atoms with Gasteiger partial charge in [-0.1, -0.05) is 31.9 Å². The van der Waals surface area contributed by atoms with Crippen molar-refractivity contribution >= 4 is 38.9 Å². The minimum atomic E-state index is 0.538. The molecule has 2 aromatic rings. The lowest BCUT2D eigenvalue weighted by atomic mass is 9.86. The molecular weight excluding hydrogens is 310 g/mol. The van der Waals surface area contributed by atoms with Crippen LogP contribution in [0.1, 0.15) is 37.6 Å². The maximum atomic E-state index is 5.43. The van der Waals surface area contributed by atoms with Crippen molar-refractivity contribution in [2.75, 3.05) is 6.54 Å². The number of rotatable bonds is 4. The van der Waals surface area contributed by atoms with E-state index in [-0.39, 0.29) is 0 Å². The SMILES string of the molecule is C[C@H]1CCCC[C@H]1NC(=S)NCCc1nc2ccccc2s1. The van der Waals surface area contributed by atoms with Crippen LogP contribution in [0.4, 0.5) is 0 Å². The Labute approximate surface area is 141 Å². The summed E-state index contributed by atoms with van der Waals surface area (Å²) in [6.45, 7) is 3.16. The van der Waals surface area contributed by atoms with Gasteiger partial charge in [-0.05, 0) is 43.1 Å². The van der Waals surface area contributed by atoms with Crippen molar-refractivity contribution < 1.29 is 0 Å². The van der Waals surface area contributed by atoms with E-state index in [4.69, 9.17) is 12.2 Å². The largest absolute Gasteiger partial charge is 0.362 e. The average molecular weight is 334 g/mol. The highest BCUT2D eigenvalue weighted by atomic mass is 32.1. The molecule has 1 aliphatic rings. The minimum absolute atomic E-state index is 0.538. The van der Waals surface area contributed by atoms with Crippen molar-refractivity contribution in [1.82, 2.24) is 15.6 Å². The lowest BCUT2D eigenvalue weighted by molar-refractivity contribution is 0.308. The maximum absolute atomic E-state index is 5.43. The fraction of sp³-hybridized carbons (Fsp3) is 0.529. The first kappa shape index (κ1) is 15.7. The number of hydrogen-bond acceptors (Lipinski definition) is 3. The number of nitrogens with zero attached hydrogens (tertiary/aromatic N) is 1. The van der Waals surface area contributed by atoms with Crippen LogP contribution >= 0.6 is 23.6 Å². The molecule has 0 aliphatic heterocycles. The molecule has 0 unspecified atom stereocenters. The van der Waals surface area contributed by atoms with Crippen LogP contribution in [0.25, 0.3) is 10.2 Å². The first-order chi connectivity index (χ1) is 10.7. The molecule has 5 heteroatoms. The number of thiocarbonyl (C=S) groups is 1. The first-order valence-electron chi connectivity index (χ1n) is 8.11. The third-order valence-electron chi connectivity index (χ3n) is 4.39. The van der Waals surface area contributed by atoms with E-state index < -0.39 is 0 Å². The van der Waals surface area contributed by atoms with Gasteiger partial charge in [0.05, 0.1) is 15.2 Å². The molecule has 3 rings (SSSR count). The van der Waals surface area contributed by atoms with Gasteiger partial charge in [0.15, 0.2) is 5.11 Å². The van der Waals surface area contributed by atoms with Gasteiger partial charge >= 0.3 is 0 Å². The van der Waals surface area contributed by atoms with Crippen molar-refractivity contribution in [3.05, 3.63) is 29.3 Å². The molecule has 0 amide bonds. The molecule has 1 saturated carbocycles. The van der Waals surface area contributed by atoms with Gasteiger partial charge in [-0.15, -0.1) is 11.3 Å². The van der Waals surface area contributed by atoms with Crippen molar-refractivity contribution in [2.24, 2.45) is 5.92 Å². The Hall–Kier alpha value is -1.20. The summed E-state index contributed by atoms with van der Waals surface area (Å²) in [5, 5.41) is 8.78. The third-order valence-corrected chi connectivity index (χ3v) is 5.75. The van der Waals surface area contributed by atoms with E-state index in [0.717, 1.165) is 29.5 Å². The second kappa shape index (κ2) is 7.38. The molecule has 1 aromatic carbocycles. The van der Waals surface area contributed by atoms with E-state index in [0.29, 0.717) is 6.04 Å². The first-order valence-corrected chi connectivity index (χ1v) is 9.33. The second-order valence-corrected chi connectivity index (χ2v) is 7.62. The fourth-order valence-corrected chi connectivity index (χ4v) is 4.28. The van der Waals surface area contributed by atoms with Crippen LogP contribution in [0.5, 0.6) is 0 Å². The molecule has 1 aromatic heterocycles. The molecule has 1 heterocycles. The van der Waals surface area contributed by atoms with E-state index >= 15 is 0 Å². The van der Waals surface area contributed by atoms with Crippen LogP contribution in [0, 0.1) is 5.92 Å². The van der Waals surface area contributed by atoms with E-state index in [2.05, 4.69) is 40.7 Å². The molecule has 0 radical (unpaired) electrons. The number of nitrogens with one attached hydrogen (secondary N) is 2. The topological polar surface area (TPSA) is 37.0 Å². The smallest absolute Gasteiger partial charge is 0.166 e. The molecule has 118 valence electrons. The summed E-state index contributed by atoms with van der Waals surface area (Å²) in [5.41, 5.74) is 1.10. The molecule has 2 atom stereocenters. The second-order valence-electron chi connectivity index (χ2n) is 6.09. The number of fused-ring (bicyclic) bond motifs is 1. The van der Waals surface area contributed by atoms with E-state index in [9.17, 15) is 0 Å². The van der Waals surface area contributed by atoms with Gasteiger partial charge in [0.25, 0.3) is 0 Å². The Morgan fingerprint density at radius 1 is 1.32 bits per heavy atom. The molecule has 0 bridgehead atoms. The van der Waals surface area contributed by atoms with Gasteiger partial charge in [0.1, 0.15) is 0 Å². The van der Waals surface area contributed by atoms with Gasteiger partial charge in [0.2, 0.25) is 0 Å². The van der Waals surface area contributed by atoms with Crippen molar-refractivity contribution in [2.45, 2.75) is 45.1 Å². The highest BCUT2D eigenvalue weighted by Crippen LogP contribution is 2.23. The van der Waals surface area contributed by atoms with Crippen molar-refractivity contribution in [3.63, 3.8) is 0 Å². The van der Waals surface area contributed by atoms with Crippen LogP contribution in [0.15, 0.2) is 24.3 Å². The Bertz CT molecular complexity index is 605. The number of benzene rings is 1. The van der Waals surface area contributed by atoms with Crippen LogP contribution in [0.3, 0.4) is 0 Å². The number of hydrogen-bond donors (Lipinski definition) is 2. The van der Waals surface area contributed by atoms with Crippen LogP contribution < -0.4 is 10.6 Å². The Morgan fingerprint density at radius 2 is 2.14 bits per heavy atom. The summed E-state index contributed by atoms with van der Waals surface area (Å²) in [5.74, 6) is 0.720. The Morgan fingerprint density at radius 3 is 2.95 bits per heavy atom. The molecule has 1 fully saturated rings. The van der Waals surface area contributed by atoms with E-state index in [1.54, 1.807) is 11.3 Å². The minimum Gasteiger partial charge on any atom is -0.362 e. The molecule has 0 saturated heterocycles. The third kappa shape index (κ3) is 3.96. The Kier molecular flexibility index (Phi) is 5.26. The summed E-state index contributed by atoms with van der Waals surface area (Å²) in [6.07, 6.45) is 6.14. The monoisotopic (exact) mass is 333 g/mol. The van der Waals surface area contributed by atoms with Gasteiger partial charge in [-0.2, -0.15) is 0 Å². The zero-order valence-electron chi connectivity index (χ0n) is 13.0. The molecule has 2 N–H and O–H groups in total. The molecule has 1 aliphatic carbocycles. The highest BCUT2D eigenvalue weighted by Gasteiger charge is 2.21. The summed E-state index contributed by atoms with van der Waals surface area (Å²) >= 11 is 7.20. The number of thiazole rings is 1. The van der Waals surface area contributed by atoms with Crippen LogP contribution in [-0.4, -0.2) is 22.7 Å². The maximum Gasteiger partial charge on any atom is 0.166 e. The molecule has 22 heavy (non-hydrogen) atoms. The lowest BCUT2D eigenvalue weighted by Gasteiger charge is -2.30. The predicted octanol–water partition coefficient (Wildman–Crippen LogP) is 3.88. The molecular formula is C17H23N3S2. The van der Waals surface area contributed by atoms with Gasteiger partial charge in [-0.3, -0.25) is 0 Å². The quantitative estimate of drug-likeness (QED) is 0.833. The zero-order valence-corrected chi connectivity index (χ0v) is 14.6. The van der Waals surface area contributed by atoms with E-state index in [1.165, 1.54) is 35.4 Å². The van der Waals surface area contributed by atoms with Crippen LogP contribution in [-0.2, 0) is 6.42 Å².